The fourth-order valence-electron chi connectivity index (χ4n) is 3.22. The Hall–Kier alpha value is -3.58. The van der Waals surface area contributed by atoms with Crippen molar-refractivity contribution >= 4 is 34.4 Å². The number of carbonyl (C=O) groups excluding carboxylic acids is 3. The Balaban J connectivity index is 1.82. The van der Waals surface area contributed by atoms with Crippen LogP contribution in [0.25, 0.3) is 10.4 Å². The van der Waals surface area contributed by atoms with Crippen LogP contribution in [0.2, 0.25) is 0 Å². The maximum absolute atomic E-state index is 12.8. The molecule has 1 aromatic heterocycles. The molecule has 0 aliphatic carbocycles. The number of primary amides is 2. The summed E-state index contributed by atoms with van der Waals surface area (Å²) in [5.41, 5.74) is 12.5. The number of nitrogens with two attached hydrogens (primary N) is 2. The number of likely N-dealkylation sites (tertiary alicyclic amines) is 1. The standard InChI is InChI=1S/C20H21N5O4S/c21-8-7-12-3-5-13(6-4-12)16-10-15(17(30-16)24-19(22)27)18(26)29-14-2-1-9-25(11-14)20(23)28/h3-6,10,14H,1-2,7,9,11H2,(H2,23,28)(H3,22,24,27). The first kappa shape index (κ1) is 21.1. The minimum atomic E-state index is -0.792. The van der Waals surface area contributed by atoms with Crippen LogP contribution >= 0.6 is 11.3 Å². The first-order chi connectivity index (χ1) is 14.4. The number of amides is 4. The zero-order chi connectivity index (χ0) is 21.7. The Morgan fingerprint density at radius 1 is 1.27 bits per heavy atom. The summed E-state index contributed by atoms with van der Waals surface area (Å²) >= 11 is 1.19. The van der Waals surface area contributed by atoms with Crippen LogP contribution in [-0.4, -0.2) is 42.1 Å². The topological polar surface area (TPSA) is 152 Å². The average molecular weight is 427 g/mol. The predicted molar refractivity (Wildman–Crippen MR) is 112 cm³/mol. The quantitative estimate of drug-likeness (QED) is 0.627. The third-order valence-electron chi connectivity index (χ3n) is 4.67. The number of hydrogen-bond acceptors (Lipinski definition) is 6. The maximum Gasteiger partial charge on any atom is 0.341 e. The van der Waals surface area contributed by atoms with Crippen molar-refractivity contribution in [3.05, 3.63) is 41.5 Å². The van der Waals surface area contributed by atoms with E-state index in [4.69, 9.17) is 21.5 Å². The molecule has 9 nitrogen and oxygen atoms in total. The molecule has 10 heteroatoms. The van der Waals surface area contributed by atoms with Crippen molar-refractivity contribution in [2.45, 2.75) is 25.4 Å². The van der Waals surface area contributed by atoms with Crippen LogP contribution in [0.1, 0.15) is 28.8 Å². The number of nitrogens with zero attached hydrogens (tertiary/aromatic N) is 2. The molecule has 0 bridgehead atoms. The molecule has 1 aromatic carbocycles. The number of nitriles is 1. The number of carbonyl (C=O) groups is 3. The van der Waals surface area contributed by atoms with Gasteiger partial charge in [0.1, 0.15) is 11.1 Å². The van der Waals surface area contributed by atoms with Crippen LogP contribution in [0.3, 0.4) is 0 Å². The van der Waals surface area contributed by atoms with Gasteiger partial charge in [-0.3, -0.25) is 5.32 Å². The molecule has 156 valence electrons. The summed E-state index contributed by atoms with van der Waals surface area (Å²) in [5, 5.41) is 11.5. The molecule has 3 rings (SSSR count). The van der Waals surface area contributed by atoms with E-state index in [9.17, 15) is 14.4 Å². The van der Waals surface area contributed by atoms with Crippen LogP contribution in [0.5, 0.6) is 0 Å². The number of urea groups is 2. The third-order valence-corrected chi connectivity index (χ3v) is 5.77. The van der Waals surface area contributed by atoms with Gasteiger partial charge in [0.05, 0.1) is 24.6 Å². The molecular formula is C20H21N5O4S. The summed E-state index contributed by atoms with van der Waals surface area (Å²) < 4.78 is 5.57. The van der Waals surface area contributed by atoms with Gasteiger partial charge in [0, 0.05) is 11.4 Å². The van der Waals surface area contributed by atoms with Crippen molar-refractivity contribution in [2.24, 2.45) is 11.5 Å². The van der Waals surface area contributed by atoms with Gasteiger partial charge in [-0.1, -0.05) is 24.3 Å². The average Bonchev–Trinajstić information content (AvgIpc) is 3.12. The van der Waals surface area contributed by atoms with Crippen LogP contribution in [0.15, 0.2) is 30.3 Å². The molecule has 1 unspecified atom stereocenters. The van der Waals surface area contributed by atoms with E-state index in [1.807, 2.05) is 24.3 Å². The summed E-state index contributed by atoms with van der Waals surface area (Å²) in [7, 11) is 0. The molecule has 30 heavy (non-hydrogen) atoms. The lowest BCUT2D eigenvalue weighted by Gasteiger charge is -2.31. The monoisotopic (exact) mass is 427 g/mol. The van der Waals surface area contributed by atoms with E-state index in [0.717, 1.165) is 16.0 Å². The molecule has 2 heterocycles. The zero-order valence-electron chi connectivity index (χ0n) is 16.1. The van der Waals surface area contributed by atoms with Crippen molar-refractivity contribution < 1.29 is 19.1 Å². The van der Waals surface area contributed by atoms with E-state index in [1.54, 1.807) is 6.07 Å². The fraction of sp³-hybridized carbons (Fsp3) is 0.300. The van der Waals surface area contributed by atoms with E-state index in [2.05, 4.69) is 11.4 Å². The van der Waals surface area contributed by atoms with Gasteiger partial charge in [-0.25, -0.2) is 14.4 Å². The lowest BCUT2D eigenvalue weighted by atomic mass is 10.1. The van der Waals surface area contributed by atoms with Crippen LogP contribution in [0.4, 0.5) is 14.6 Å². The molecule has 0 spiro atoms. The number of esters is 1. The van der Waals surface area contributed by atoms with Gasteiger partial charge >= 0.3 is 18.0 Å². The molecule has 1 saturated heterocycles. The molecule has 1 aliphatic heterocycles. The Bertz CT molecular complexity index is 996. The Morgan fingerprint density at radius 3 is 2.63 bits per heavy atom. The summed E-state index contributed by atoms with van der Waals surface area (Å²) in [6.45, 7) is 0.763. The van der Waals surface area contributed by atoms with Gasteiger partial charge in [0.15, 0.2) is 0 Å². The lowest BCUT2D eigenvalue weighted by Crippen LogP contribution is -2.46. The number of rotatable bonds is 5. The number of ether oxygens (including phenoxy) is 1. The van der Waals surface area contributed by atoms with Crippen molar-refractivity contribution in [1.82, 2.24) is 4.90 Å². The first-order valence-corrected chi connectivity index (χ1v) is 10.1. The Morgan fingerprint density at radius 2 is 2.00 bits per heavy atom. The van der Waals surface area contributed by atoms with Gasteiger partial charge in [-0.15, -0.1) is 11.3 Å². The highest BCUT2D eigenvalue weighted by Crippen LogP contribution is 2.36. The number of nitrogens with one attached hydrogen (secondary N) is 1. The second-order valence-corrected chi connectivity index (χ2v) is 7.88. The maximum atomic E-state index is 12.8. The minimum Gasteiger partial charge on any atom is -0.457 e. The van der Waals surface area contributed by atoms with Crippen LogP contribution < -0.4 is 16.8 Å². The number of piperidine rings is 1. The minimum absolute atomic E-state index is 0.186. The van der Waals surface area contributed by atoms with E-state index in [1.165, 1.54) is 16.2 Å². The Labute approximate surface area is 177 Å². The largest absolute Gasteiger partial charge is 0.457 e. The van der Waals surface area contributed by atoms with Crippen molar-refractivity contribution in [3.8, 4) is 16.5 Å². The second-order valence-electron chi connectivity index (χ2n) is 6.83. The zero-order valence-corrected chi connectivity index (χ0v) is 16.9. The molecule has 5 N–H and O–H groups in total. The number of thiophene rings is 1. The lowest BCUT2D eigenvalue weighted by molar-refractivity contribution is 0.0129. The SMILES string of the molecule is N#CCc1ccc(-c2cc(C(=O)OC3CCCN(C(N)=O)C3)c(NC(N)=O)s2)cc1. The smallest absolute Gasteiger partial charge is 0.341 e. The molecule has 2 aromatic rings. The van der Waals surface area contributed by atoms with Gasteiger partial charge in [-0.2, -0.15) is 5.26 Å². The van der Waals surface area contributed by atoms with E-state index in [-0.39, 0.29) is 17.1 Å². The van der Waals surface area contributed by atoms with E-state index in [0.29, 0.717) is 25.8 Å². The number of benzene rings is 1. The first-order valence-electron chi connectivity index (χ1n) is 9.29. The highest BCUT2D eigenvalue weighted by molar-refractivity contribution is 7.20. The van der Waals surface area contributed by atoms with E-state index < -0.39 is 24.1 Å². The highest BCUT2D eigenvalue weighted by Gasteiger charge is 2.27. The molecule has 4 amide bonds. The third kappa shape index (κ3) is 5.07. The van der Waals surface area contributed by atoms with Gasteiger partial charge in [0.2, 0.25) is 0 Å². The fourth-order valence-corrected chi connectivity index (χ4v) is 4.27. The summed E-state index contributed by atoms with van der Waals surface area (Å²) in [6, 6.07) is 9.72. The molecule has 0 radical (unpaired) electrons. The van der Waals surface area contributed by atoms with Crippen molar-refractivity contribution in [2.75, 3.05) is 18.4 Å². The van der Waals surface area contributed by atoms with Gasteiger partial charge < -0.3 is 21.1 Å². The van der Waals surface area contributed by atoms with Crippen molar-refractivity contribution in [1.29, 1.82) is 5.26 Å². The number of anilines is 1. The second kappa shape index (κ2) is 9.28. The summed E-state index contributed by atoms with van der Waals surface area (Å²) in [5.74, 6) is -0.612. The highest BCUT2D eigenvalue weighted by atomic mass is 32.1. The van der Waals surface area contributed by atoms with Crippen molar-refractivity contribution in [3.63, 3.8) is 0 Å². The normalized spacial score (nSPS) is 15.8. The molecule has 1 atom stereocenters. The van der Waals surface area contributed by atoms with Gasteiger partial charge in [0.25, 0.3) is 0 Å². The molecule has 0 saturated carbocycles. The molecular weight excluding hydrogens is 406 g/mol. The Kier molecular flexibility index (Phi) is 6.54. The van der Waals surface area contributed by atoms with Crippen LogP contribution in [0, 0.1) is 11.3 Å². The van der Waals surface area contributed by atoms with E-state index >= 15 is 0 Å². The number of hydrogen-bond donors (Lipinski definition) is 3. The predicted octanol–water partition coefficient (Wildman–Crippen LogP) is 2.67. The van der Waals surface area contributed by atoms with Crippen LogP contribution in [-0.2, 0) is 11.2 Å². The summed E-state index contributed by atoms with van der Waals surface area (Å²) in [6.07, 6.45) is 1.12. The molecule has 1 fully saturated rings. The molecule has 1 aliphatic rings. The summed E-state index contributed by atoms with van der Waals surface area (Å²) in [4.78, 5) is 37.7. The van der Waals surface area contributed by atoms with Gasteiger partial charge in [-0.05, 0) is 30.0 Å².